The van der Waals surface area contributed by atoms with Crippen LogP contribution in [-0.4, -0.2) is 11.3 Å². The van der Waals surface area contributed by atoms with Crippen molar-refractivity contribution in [1.82, 2.24) is 4.98 Å². The first-order valence-electron chi connectivity index (χ1n) is 9.10. The van der Waals surface area contributed by atoms with Gasteiger partial charge in [0.15, 0.2) is 0 Å². The van der Waals surface area contributed by atoms with Gasteiger partial charge in [-0.3, -0.25) is 4.79 Å². The van der Waals surface area contributed by atoms with Crippen molar-refractivity contribution < 1.29 is 9.53 Å². The van der Waals surface area contributed by atoms with Gasteiger partial charge >= 0.3 is 0 Å². The number of fused-ring (bicyclic) bond motifs is 2. The van der Waals surface area contributed by atoms with Crippen LogP contribution >= 0.6 is 0 Å². The molecule has 0 radical (unpaired) electrons. The lowest BCUT2D eigenvalue weighted by molar-refractivity contribution is 0.0520. The molecular formula is C24H21NO2. The van der Waals surface area contributed by atoms with Crippen molar-refractivity contribution in [2.24, 2.45) is 0 Å². The number of hydrogen-bond donors (Lipinski definition) is 0. The number of ether oxygens (including phenoxy) is 1. The van der Waals surface area contributed by atoms with Crippen LogP contribution in [0, 0.1) is 6.92 Å². The van der Waals surface area contributed by atoms with Gasteiger partial charge in [0.05, 0.1) is 23.7 Å². The summed E-state index contributed by atoms with van der Waals surface area (Å²) in [5.74, 6) is 0. The highest BCUT2D eigenvalue weighted by Crippen LogP contribution is 2.28. The molecule has 0 aliphatic carbocycles. The summed E-state index contributed by atoms with van der Waals surface area (Å²) in [5.41, 5.74) is 5.67. The van der Waals surface area contributed by atoms with Crippen LogP contribution < -0.4 is 0 Å². The average molecular weight is 355 g/mol. The molecule has 4 aromatic rings. The summed E-state index contributed by atoms with van der Waals surface area (Å²) in [4.78, 5) is 16.4. The molecule has 0 bridgehead atoms. The van der Waals surface area contributed by atoms with Crippen molar-refractivity contribution in [3.63, 3.8) is 0 Å². The molecular weight excluding hydrogens is 334 g/mol. The Labute approximate surface area is 158 Å². The molecule has 1 unspecified atom stereocenters. The summed E-state index contributed by atoms with van der Waals surface area (Å²) < 4.78 is 6.06. The minimum absolute atomic E-state index is 0.205. The van der Waals surface area contributed by atoms with E-state index in [0.29, 0.717) is 12.2 Å². The molecule has 1 aromatic heterocycles. The molecule has 4 rings (SSSR count). The lowest BCUT2D eigenvalue weighted by atomic mass is 10.00. The summed E-state index contributed by atoms with van der Waals surface area (Å²) in [7, 11) is 0. The Balaban J connectivity index is 1.68. The van der Waals surface area contributed by atoms with Crippen molar-refractivity contribution in [3.8, 4) is 0 Å². The van der Waals surface area contributed by atoms with Crippen LogP contribution in [-0.2, 0) is 11.3 Å². The first kappa shape index (κ1) is 17.4. The van der Waals surface area contributed by atoms with Crippen molar-refractivity contribution in [2.75, 3.05) is 0 Å². The maximum atomic E-state index is 11.7. The van der Waals surface area contributed by atoms with Crippen LogP contribution in [0.1, 0.15) is 40.1 Å². The van der Waals surface area contributed by atoms with Gasteiger partial charge in [-0.05, 0) is 49.2 Å². The molecule has 0 saturated carbocycles. The van der Waals surface area contributed by atoms with Crippen LogP contribution in [0.25, 0.3) is 21.8 Å². The zero-order valence-corrected chi connectivity index (χ0v) is 15.5. The highest BCUT2D eigenvalue weighted by Gasteiger charge is 2.14. The predicted octanol–water partition coefficient (Wildman–Crippen LogP) is 5.79. The smallest absolute Gasteiger partial charge is 0.150 e. The number of carbonyl (C=O) groups is 1. The summed E-state index contributed by atoms with van der Waals surface area (Å²) >= 11 is 0. The highest BCUT2D eigenvalue weighted by molar-refractivity contribution is 5.96. The van der Waals surface area contributed by atoms with Crippen molar-refractivity contribution in [1.29, 1.82) is 0 Å². The molecule has 3 aromatic carbocycles. The van der Waals surface area contributed by atoms with E-state index in [1.165, 1.54) is 5.56 Å². The van der Waals surface area contributed by atoms with Crippen LogP contribution in [0.3, 0.4) is 0 Å². The molecule has 1 heterocycles. The normalized spacial score (nSPS) is 12.4. The molecule has 0 aliphatic heterocycles. The third-order valence-electron chi connectivity index (χ3n) is 4.87. The SMILES string of the molecule is Cc1cccc(COC(C)c2cc3nc4ccccc4cc3cc2C=O)c1. The average Bonchev–Trinajstić information content (AvgIpc) is 2.69. The lowest BCUT2D eigenvalue weighted by Gasteiger charge is -2.17. The number of nitrogens with zero attached hydrogens (tertiary/aromatic N) is 1. The Morgan fingerprint density at radius 2 is 1.81 bits per heavy atom. The Kier molecular flexibility index (Phi) is 4.69. The van der Waals surface area contributed by atoms with Gasteiger partial charge in [0.25, 0.3) is 0 Å². The Morgan fingerprint density at radius 3 is 2.63 bits per heavy atom. The Bertz CT molecular complexity index is 1130. The minimum atomic E-state index is -0.205. The van der Waals surface area contributed by atoms with E-state index in [9.17, 15) is 4.79 Å². The lowest BCUT2D eigenvalue weighted by Crippen LogP contribution is -2.04. The molecule has 0 aliphatic rings. The fraction of sp³-hybridized carbons (Fsp3) is 0.167. The van der Waals surface area contributed by atoms with Crippen molar-refractivity contribution in [2.45, 2.75) is 26.6 Å². The third kappa shape index (κ3) is 3.60. The quantitative estimate of drug-likeness (QED) is 0.336. The number of hydrogen-bond acceptors (Lipinski definition) is 3. The van der Waals surface area contributed by atoms with Gasteiger partial charge in [-0.25, -0.2) is 4.98 Å². The Morgan fingerprint density at radius 1 is 0.963 bits per heavy atom. The second-order valence-electron chi connectivity index (χ2n) is 6.92. The molecule has 0 amide bonds. The van der Waals surface area contributed by atoms with E-state index in [-0.39, 0.29) is 6.10 Å². The number of carbonyl (C=O) groups excluding carboxylic acids is 1. The number of rotatable bonds is 5. The minimum Gasteiger partial charge on any atom is -0.369 e. The van der Waals surface area contributed by atoms with Gasteiger partial charge in [-0.1, -0.05) is 48.0 Å². The molecule has 0 saturated heterocycles. The summed E-state index contributed by atoms with van der Waals surface area (Å²) in [6, 6.07) is 22.2. The number of para-hydroxylation sites is 1. The largest absolute Gasteiger partial charge is 0.369 e. The monoisotopic (exact) mass is 355 g/mol. The molecule has 3 nitrogen and oxygen atoms in total. The van der Waals surface area contributed by atoms with Crippen LogP contribution in [0.15, 0.2) is 66.7 Å². The number of aldehydes is 1. The molecule has 0 fully saturated rings. The second kappa shape index (κ2) is 7.29. The second-order valence-corrected chi connectivity index (χ2v) is 6.92. The van der Waals surface area contributed by atoms with E-state index in [1.54, 1.807) is 0 Å². The fourth-order valence-electron chi connectivity index (χ4n) is 3.43. The van der Waals surface area contributed by atoms with Gasteiger partial charge in [0.1, 0.15) is 6.29 Å². The zero-order valence-electron chi connectivity index (χ0n) is 15.5. The summed E-state index contributed by atoms with van der Waals surface area (Å²) in [6.07, 6.45) is 0.694. The van der Waals surface area contributed by atoms with E-state index in [2.05, 4.69) is 31.2 Å². The van der Waals surface area contributed by atoms with Gasteiger partial charge < -0.3 is 4.74 Å². The van der Waals surface area contributed by atoms with Crippen LogP contribution in [0.5, 0.6) is 0 Å². The maximum Gasteiger partial charge on any atom is 0.150 e. The van der Waals surface area contributed by atoms with Crippen LogP contribution in [0.4, 0.5) is 0 Å². The topological polar surface area (TPSA) is 39.2 Å². The third-order valence-corrected chi connectivity index (χ3v) is 4.87. The summed E-state index contributed by atoms with van der Waals surface area (Å²) in [5, 5.41) is 2.03. The number of aryl methyl sites for hydroxylation is 1. The summed E-state index contributed by atoms with van der Waals surface area (Å²) in [6.45, 7) is 4.55. The van der Waals surface area contributed by atoms with Crippen LogP contribution in [0.2, 0.25) is 0 Å². The number of pyridine rings is 1. The molecule has 1 atom stereocenters. The predicted molar refractivity (Wildman–Crippen MR) is 109 cm³/mol. The van der Waals surface area contributed by atoms with Gasteiger partial charge in [0.2, 0.25) is 0 Å². The number of benzene rings is 3. The molecule has 3 heteroatoms. The van der Waals surface area contributed by atoms with E-state index < -0.39 is 0 Å². The highest BCUT2D eigenvalue weighted by atomic mass is 16.5. The van der Waals surface area contributed by atoms with E-state index in [4.69, 9.17) is 9.72 Å². The fourth-order valence-corrected chi connectivity index (χ4v) is 3.43. The van der Waals surface area contributed by atoms with Crippen molar-refractivity contribution >= 4 is 28.1 Å². The first-order chi connectivity index (χ1) is 13.1. The maximum absolute atomic E-state index is 11.7. The standard InChI is InChI=1S/C24H21NO2/c1-16-6-5-7-18(10-16)15-27-17(2)22-13-24-20(12-21(22)14-26)11-19-8-3-4-9-23(19)25-24/h3-14,17H,15H2,1-2H3. The van der Waals surface area contributed by atoms with Gasteiger partial charge in [-0.15, -0.1) is 0 Å². The molecule has 27 heavy (non-hydrogen) atoms. The first-order valence-corrected chi connectivity index (χ1v) is 9.10. The van der Waals surface area contributed by atoms with Crippen molar-refractivity contribution in [3.05, 3.63) is 89.0 Å². The van der Waals surface area contributed by atoms with E-state index in [0.717, 1.165) is 39.2 Å². The van der Waals surface area contributed by atoms with Gasteiger partial charge in [0, 0.05) is 16.3 Å². The van der Waals surface area contributed by atoms with E-state index >= 15 is 0 Å². The van der Waals surface area contributed by atoms with E-state index in [1.807, 2.05) is 49.4 Å². The molecule has 0 N–H and O–H groups in total. The number of aromatic nitrogens is 1. The van der Waals surface area contributed by atoms with Gasteiger partial charge in [-0.2, -0.15) is 0 Å². The molecule has 134 valence electrons. The Hall–Kier alpha value is -3.04. The zero-order chi connectivity index (χ0) is 18.8. The molecule has 0 spiro atoms.